The van der Waals surface area contributed by atoms with Gasteiger partial charge in [-0.05, 0) is 49.9 Å². The minimum Gasteiger partial charge on any atom is -0.336 e. The summed E-state index contributed by atoms with van der Waals surface area (Å²) in [5.41, 5.74) is 0.124. The van der Waals surface area contributed by atoms with E-state index in [9.17, 15) is 18.0 Å². The molecular formula is C19H21F3N4O. The van der Waals surface area contributed by atoms with Crippen molar-refractivity contribution in [2.45, 2.75) is 44.8 Å². The number of hydrogen-bond acceptors (Lipinski definition) is 4. The summed E-state index contributed by atoms with van der Waals surface area (Å²) in [6, 6.07) is 4.84. The highest BCUT2D eigenvalue weighted by Gasteiger charge is 2.30. The second-order valence-corrected chi connectivity index (χ2v) is 6.55. The molecule has 0 spiro atoms. The summed E-state index contributed by atoms with van der Waals surface area (Å²) in [7, 11) is 0. The van der Waals surface area contributed by atoms with Gasteiger partial charge in [-0.15, -0.1) is 0 Å². The van der Waals surface area contributed by atoms with Crippen molar-refractivity contribution in [3.8, 4) is 0 Å². The first-order valence-electron chi connectivity index (χ1n) is 8.96. The number of halogens is 3. The maximum Gasteiger partial charge on any atom is 0.416 e. The van der Waals surface area contributed by atoms with Gasteiger partial charge in [0.15, 0.2) is 0 Å². The molecule has 0 aliphatic carbocycles. The quantitative estimate of drug-likeness (QED) is 0.842. The number of carbonyl (C=O) groups excluding carboxylic acids is 1. The largest absolute Gasteiger partial charge is 0.416 e. The van der Waals surface area contributed by atoms with Gasteiger partial charge in [-0.3, -0.25) is 4.79 Å². The molecule has 1 N–H and O–H groups in total. The summed E-state index contributed by atoms with van der Waals surface area (Å²) in [5, 5.41) is 2.83. The Morgan fingerprint density at radius 3 is 2.44 bits per heavy atom. The van der Waals surface area contributed by atoms with E-state index in [0.717, 1.165) is 44.4 Å². The zero-order valence-electron chi connectivity index (χ0n) is 15.0. The number of benzene rings is 1. The van der Waals surface area contributed by atoms with Gasteiger partial charge in [0.05, 0.1) is 11.1 Å². The Morgan fingerprint density at radius 1 is 1.19 bits per heavy atom. The lowest BCUT2D eigenvalue weighted by Crippen LogP contribution is -2.43. The molecule has 2 heterocycles. The molecule has 0 bridgehead atoms. The van der Waals surface area contributed by atoms with Crippen molar-refractivity contribution in [2.24, 2.45) is 0 Å². The van der Waals surface area contributed by atoms with E-state index in [2.05, 4.69) is 22.2 Å². The van der Waals surface area contributed by atoms with Crippen LogP contribution in [0.3, 0.4) is 0 Å². The number of nitrogens with one attached hydrogen (secondary N) is 1. The van der Waals surface area contributed by atoms with Crippen LogP contribution >= 0.6 is 0 Å². The van der Waals surface area contributed by atoms with Crippen LogP contribution in [0.5, 0.6) is 0 Å². The molecule has 5 nitrogen and oxygen atoms in total. The van der Waals surface area contributed by atoms with Crippen molar-refractivity contribution in [1.82, 2.24) is 14.9 Å². The van der Waals surface area contributed by atoms with Crippen LogP contribution < -0.4 is 5.32 Å². The van der Waals surface area contributed by atoms with E-state index in [1.165, 1.54) is 24.5 Å². The predicted octanol–water partition coefficient (Wildman–Crippen LogP) is 4.64. The summed E-state index contributed by atoms with van der Waals surface area (Å²) >= 11 is 0. The molecule has 1 saturated heterocycles. The van der Waals surface area contributed by atoms with Crippen molar-refractivity contribution in [3.05, 3.63) is 47.8 Å². The summed E-state index contributed by atoms with van der Waals surface area (Å²) in [5.74, 6) is 0.139. The molecule has 8 heteroatoms. The van der Waals surface area contributed by atoms with Crippen LogP contribution in [0.15, 0.2) is 36.7 Å². The van der Waals surface area contributed by atoms with Crippen LogP contribution in [0.25, 0.3) is 0 Å². The number of piperidine rings is 1. The lowest BCUT2D eigenvalue weighted by Gasteiger charge is -2.35. The topological polar surface area (TPSA) is 58.1 Å². The van der Waals surface area contributed by atoms with E-state index < -0.39 is 11.7 Å². The zero-order valence-corrected chi connectivity index (χ0v) is 15.0. The Balaban J connectivity index is 1.67. The molecule has 0 saturated carbocycles. The zero-order chi connectivity index (χ0) is 19.4. The Bertz CT molecular complexity index is 775. The Labute approximate surface area is 155 Å². The Kier molecular flexibility index (Phi) is 5.62. The van der Waals surface area contributed by atoms with Crippen molar-refractivity contribution in [3.63, 3.8) is 0 Å². The Morgan fingerprint density at radius 2 is 1.85 bits per heavy atom. The van der Waals surface area contributed by atoms with Gasteiger partial charge < -0.3 is 10.2 Å². The molecule has 0 radical (unpaired) electrons. The van der Waals surface area contributed by atoms with Crippen molar-refractivity contribution >= 4 is 17.5 Å². The number of carbonyl (C=O) groups is 1. The first-order valence-corrected chi connectivity index (χ1v) is 8.96. The van der Waals surface area contributed by atoms with Crippen LogP contribution in [-0.2, 0) is 6.18 Å². The van der Waals surface area contributed by atoms with Crippen molar-refractivity contribution in [1.29, 1.82) is 0 Å². The van der Waals surface area contributed by atoms with Gasteiger partial charge in [0.1, 0.15) is 0 Å². The minimum absolute atomic E-state index is 0.0809. The lowest BCUT2D eigenvalue weighted by atomic mass is 9.99. The predicted molar refractivity (Wildman–Crippen MR) is 95.7 cm³/mol. The Hall–Kier alpha value is -2.64. The molecule has 1 aliphatic rings. The van der Waals surface area contributed by atoms with E-state index in [0.29, 0.717) is 11.3 Å². The molecular weight excluding hydrogens is 357 g/mol. The fourth-order valence-corrected chi connectivity index (χ4v) is 3.23. The molecule has 1 fully saturated rings. The standard InChI is InChI=1S/C19H21F3N4O/c1-2-16-5-3-4-10-26(16)17(27)13-11-23-18(24-12-13)25-15-8-6-14(7-9-15)19(20,21)22/h6-9,11-12,16H,2-5,10H2,1H3,(H,23,24,25). The van der Waals surface area contributed by atoms with Crippen molar-refractivity contribution in [2.75, 3.05) is 11.9 Å². The summed E-state index contributed by atoms with van der Waals surface area (Å²) in [6.45, 7) is 2.81. The second kappa shape index (κ2) is 7.94. The third kappa shape index (κ3) is 4.56. The van der Waals surface area contributed by atoms with Gasteiger partial charge in [-0.1, -0.05) is 6.92 Å². The normalized spacial score (nSPS) is 17.6. The summed E-state index contributed by atoms with van der Waals surface area (Å²) in [6.07, 6.45) is 2.58. The number of hydrogen-bond donors (Lipinski definition) is 1. The third-order valence-corrected chi connectivity index (χ3v) is 4.73. The fourth-order valence-electron chi connectivity index (χ4n) is 3.23. The van der Waals surface area contributed by atoms with Gasteiger partial charge in [-0.25, -0.2) is 9.97 Å². The van der Waals surface area contributed by atoms with Gasteiger partial charge in [0.25, 0.3) is 5.91 Å². The molecule has 1 aliphatic heterocycles. The number of alkyl halides is 3. The highest BCUT2D eigenvalue weighted by Crippen LogP contribution is 2.30. The molecule has 27 heavy (non-hydrogen) atoms. The van der Waals surface area contributed by atoms with Crippen LogP contribution in [-0.4, -0.2) is 33.4 Å². The molecule has 1 unspecified atom stereocenters. The number of anilines is 2. The van der Waals surface area contributed by atoms with E-state index >= 15 is 0 Å². The van der Waals surface area contributed by atoms with E-state index in [4.69, 9.17) is 0 Å². The molecule has 3 rings (SSSR count). The van der Waals surface area contributed by atoms with E-state index in [-0.39, 0.29) is 17.9 Å². The van der Waals surface area contributed by atoms with Gasteiger partial charge in [-0.2, -0.15) is 13.2 Å². The highest BCUT2D eigenvalue weighted by molar-refractivity contribution is 5.94. The molecule has 1 amide bonds. The average Bonchev–Trinajstić information content (AvgIpc) is 2.68. The van der Waals surface area contributed by atoms with E-state index in [1.807, 2.05) is 4.90 Å². The number of likely N-dealkylation sites (tertiary alicyclic amines) is 1. The number of nitrogens with zero attached hydrogens (tertiary/aromatic N) is 3. The fraction of sp³-hybridized carbons (Fsp3) is 0.421. The van der Waals surface area contributed by atoms with Crippen LogP contribution in [0.1, 0.15) is 48.5 Å². The number of amides is 1. The smallest absolute Gasteiger partial charge is 0.336 e. The van der Waals surface area contributed by atoms with E-state index in [1.54, 1.807) is 0 Å². The number of aromatic nitrogens is 2. The number of rotatable bonds is 4. The summed E-state index contributed by atoms with van der Waals surface area (Å²) in [4.78, 5) is 22.8. The SMILES string of the molecule is CCC1CCCCN1C(=O)c1cnc(Nc2ccc(C(F)(F)F)cc2)nc1. The van der Waals surface area contributed by atoms with Gasteiger partial charge in [0.2, 0.25) is 5.95 Å². The monoisotopic (exact) mass is 378 g/mol. The average molecular weight is 378 g/mol. The maximum absolute atomic E-state index is 12.7. The minimum atomic E-state index is -4.37. The molecule has 1 atom stereocenters. The first-order chi connectivity index (χ1) is 12.9. The van der Waals surface area contributed by atoms with Crippen LogP contribution in [0, 0.1) is 0 Å². The third-order valence-electron chi connectivity index (χ3n) is 4.73. The van der Waals surface area contributed by atoms with Crippen LogP contribution in [0.2, 0.25) is 0 Å². The molecule has 1 aromatic carbocycles. The first kappa shape index (κ1) is 19.1. The second-order valence-electron chi connectivity index (χ2n) is 6.55. The van der Waals surface area contributed by atoms with Gasteiger partial charge in [0, 0.05) is 30.7 Å². The highest BCUT2D eigenvalue weighted by atomic mass is 19.4. The molecule has 1 aromatic heterocycles. The maximum atomic E-state index is 12.7. The summed E-state index contributed by atoms with van der Waals surface area (Å²) < 4.78 is 37.8. The van der Waals surface area contributed by atoms with Gasteiger partial charge >= 0.3 is 6.18 Å². The molecule has 144 valence electrons. The molecule has 2 aromatic rings. The van der Waals surface area contributed by atoms with Crippen molar-refractivity contribution < 1.29 is 18.0 Å². The van der Waals surface area contributed by atoms with Crippen LogP contribution in [0.4, 0.5) is 24.8 Å². The lowest BCUT2D eigenvalue weighted by molar-refractivity contribution is -0.137.